The van der Waals surface area contributed by atoms with Crippen molar-refractivity contribution in [2.24, 2.45) is 11.7 Å². The third kappa shape index (κ3) is 5.62. The third-order valence-electron chi connectivity index (χ3n) is 5.90. The van der Waals surface area contributed by atoms with E-state index in [1.54, 1.807) is 18.2 Å². The van der Waals surface area contributed by atoms with Gasteiger partial charge in [0.2, 0.25) is 0 Å². The molecule has 10 heteroatoms. The number of alkyl halides is 3. The lowest BCUT2D eigenvalue weighted by Gasteiger charge is -2.34. The fourth-order valence-corrected chi connectivity index (χ4v) is 4.05. The number of anilines is 3. The maximum absolute atomic E-state index is 12.9. The van der Waals surface area contributed by atoms with Gasteiger partial charge >= 0.3 is 17.9 Å². The molecule has 1 aromatic heterocycles. The predicted molar refractivity (Wildman–Crippen MR) is 122 cm³/mol. The Morgan fingerprint density at radius 1 is 1.09 bits per heavy atom. The fourth-order valence-electron chi connectivity index (χ4n) is 4.05. The van der Waals surface area contributed by atoms with Crippen molar-refractivity contribution in [1.82, 2.24) is 0 Å². The molecule has 1 fully saturated rings. The van der Waals surface area contributed by atoms with Gasteiger partial charge in [-0.15, -0.1) is 0 Å². The molecule has 2 aromatic carbocycles. The number of piperidine rings is 1. The number of rotatable bonds is 6. The summed E-state index contributed by atoms with van der Waals surface area (Å²) in [6.07, 6.45) is -4.63. The van der Waals surface area contributed by atoms with E-state index in [-0.39, 0.29) is 25.9 Å². The van der Waals surface area contributed by atoms with Crippen LogP contribution in [0.25, 0.3) is 11.0 Å². The van der Waals surface area contributed by atoms with E-state index in [9.17, 15) is 22.8 Å². The van der Waals surface area contributed by atoms with Crippen LogP contribution in [-0.2, 0) is 11.2 Å². The number of carbonyl (C=O) groups excluding carboxylic acids is 1. The zero-order chi connectivity index (χ0) is 24.3. The standard InChI is InChI=1S/C24H24F3N3O4/c25-24(26,27)17-7-10-30(11-8-17)20-5-3-18(4-6-20)29-19-2-1-15-13-16(9-12-33-23(28)32)22(31)34-21(15)14-19/h1-6,13-14,17,29H,7-12H2,(H2,28,32). The van der Waals surface area contributed by atoms with Gasteiger partial charge in [0, 0.05) is 53.6 Å². The number of hydrogen-bond acceptors (Lipinski definition) is 6. The molecule has 3 aromatic rings. The van der Waals surface area contributed by atoms with Crippen LogP contribution in [0.3, 0.4) is 0 Å². The van der Waals surface area contributed by atoms with Gasteiger partial charge in [0.15, 0.2) is 0 Å². The molecule has 180 valence electrons. The molecule has 0 saturated carbocycles. The van der Waals surface area contributed by atoms with Gasteiger partial charge < -0.3 is 25.1 Å². The molecule has 1 saturated heterocycles. The minimum atomic E-state index is -4.13. The second-order valence-electron chi connectivity index (χ2n) is 8.20. The summed E-state index contributed by atoms with van der Waals surface area (Å²) in [6, 6.07) is 14.5. The number of fused-ring (bicyclic) bond motifs is 1. The van der Waals surface area contributed by atoms with Crippen molar-refractivity contribution in [2.75, 3.05) is 29.9 Å². The Balaban J connectivity index is 1.40. The van der Waals surface area contributed by atoms with Gasteiger partial charge in [-0.3, -0.25) is 0 Å². The molecule has 0 bridgehead atoms. The summed E-state index contributed by atoms with van der Waals surface area (Å²) in [6.45, 7) is 0.732. The van der Waals surface area contributed by atoms with Crippen LogP contribution >= 0.6 is 0 Å². The number of ether oxygens (including phenoxy) is 1. The largest absolute Gasteiger partial charge is 0.449 e. The van der Waals surface area contributed by atoms with Crippen LogP contribution < -0.4 is 21.6 Å². The molecule has 4 rings (SSSR count). The predicted octanol–water partition coefficient (Wildman–Crippen LogP) is 4.95. The van der Waals surface area contributed by atoms with Gasteiger partial charge in [-0.25, -0.2) is 9.59 Å². The second kappa shape index (κ2) is 9.66. The number of nitrogens with zero attached hydrogens (tertiary/aromatic N) is 1. The van der Waals surface area contributed by atoms with Crippen molar-refractivity contribution in [3.63, 3.8) is 0 Å². The Labute approximate surface area is 193 Å². The van der Waals surface area contributed by atoms with E-state index in [1.165, 1.54) is 0 Å². The lowest BCUT2D eigenvalue weighted by Crippen LogP contribution is -2.38. The smallest absolute Gasteiger partial charge is 0.404 e. The molecule has 7 nitrogen and oxygen atoms in total. The zero-order valence-corrected chi connectivity index (χ0v) is 18.2. The van der Waals surface area contributed by atoms with Gasteiger partial charge in [0.25, 0.3) is 0 Å². The SMILES string of the molecule is NC(=O)OCCc1cc2ccc(Nc3ccc(N4CCC(C(F)(F)F)CC4)cc3)cc2oc1=O. The van der Waals surface area contributed by atoms with Crippen molar-refractivity contribution in [1.29, 1.82) is 0 Å². The van der Waals surface area contributed by atoms with Crippen LogP contribution in [0.1, 0.15) is 18.4 Å². The van der Waals surface area contributed by atoms with Crippen LogP contribution in [0.5, 0.6) is 0 Å². The van der Waals surface area contributed by atoms with E-state index >= 15 is 0 Å². The number of amides is 1. The number of nitrogens with two attached hydrogens (primary N) is 1. The maximum Gasteiger partial charge on any atom is 0.404 e. The molecular weight excluding hydrogens is 451 g/mol. The summed E-state index contributed by atoms with van der Waals surface area (Å²) in [5.41, 5.74) is 7.56. The molecule has 3 N–H and O–H groups in total. The first kappa shape index (κ1) is 23.5. The Hall–Kier alpha value is -3.69. The van der Waals surface area contributed by atoms with E-state index in [4.69, 9.17) is 10.2 Å². The quantitative estimate of drug-likeness (QED) is 0.490. The number of hydrogen-bond donors (Lipinski definition) is 2. The summed E-state index contributed by atoms with van der Waals surface area (Å²) in [5, 5.41) is 3.95. The molecule has 0 atom stereocenters. The van der Waals surface area contributed by atoms with Gasteiger partial charge in [-0.1, -0.05) is 0 Å². The summed E-state index contributed by atoms with van der Waals surface area (Å²) in [5.74, 6) is -1.22. The number of carbonyl (C=O) groups is 1. The molecule has 0 radical (unpaired) electrons. The van der Waals surface area contributed by atoms with Gasteiger partial charge in [-0.05, 0) is 55.3 Å². The second-order valence-corrected chi connectivity index (χ2v) is 8.20. The average molecular weight is 475 g/mol. The van der Waals surface area contributed by atoms with Gasteiger partial charge in [0.1, 0.15) is 5.58 Å². The topological polar surface area (TPSA) is 97.8 Å². The van der Waals surface area contributed by atoms with Crippen LogP contribution in [-0.4, -0.2) is 32.0 Å². The van der Waals surface area contributed by atoms with E-state index in [2.05, 4.69) is 10.1 Å². The minimum absolute atomic E-state index is 0.0123. The number of benzene rings is 2. The molecule has 1 aliphatic rings. The highest BCUT2D eigenvalue weighted by molar-refractivity contribution is 5.82. The molecule has 2 heterocycles. The number of halogens is 3. The lowest BCUT2D eigenvalue weighted by molar-refractivity contribution is -0.179. The highest BCUT2D eigenvalue weighted by Crippen LogP contribution is 2.35. The molecule has 1 aliphatic heterocycles. The molecule has 0 aliphatic carbocycles. The first-order chi connectivity index (χ1) is 16.2. The van der Waals surface area contributed by atoms with Crippen molar-refractivity contribution in [3.8, 4) is 0 Å². The highest BCUT2D eigenvalue weighted by Gasteiger charge is 2.41. The lowest BCUT2D eigenvalue weighted by atomic mass is 9.96. The minimum Gasteiger partial charge on any atom is -0.449 e. The summed E-state index contributed by atoms with van der Waals surface area (Å²) < 4.78 is 48.7. The summed E-state index contributed by atoms with van der Waals surface area (Å²) >= 11 is 0. The van der Waals surface area contributed by atoms with E-state index in [0.717, 1.165) is 16.8 Å². The molecule has 0 spiro atoms. The summed E-state index contributed by atoms with van der Waals surface area (Å²) in [7, 11) is 0. The normalized spacial score (nSPS) is 14.9. The Kier molecular flexibility index (Phi) is 6.67. The van der Waals surface area contributed by atoms with Crippen LogP contribution in [0, 0.1) is 5.92 Å². The Bertz CT molecular complexity index is 1220. The average Bonchev–Trinajstić information content (AvgIpc) is 2.79. The molecular formula is C24H24F3N3O4. The number of primary amides is 1. The van der Waals surface area contributed by atoms with Crippen LogP contribution in [0.15, 0.2) is 57.7 Å². The van der Waals surface area contributed by atoms with E-state index < -0.39 is 23.8 Å². The van der Waals surface area contributed by atoms with Crippen molar-refractivity contribution in [3.05, 3.63) is 64.5 Å². The monoisotopic (exact) mass is 475 g/mol. The van der Waals surface area contributed by atoms with Crippen LogP contribution in [0.4, 0.5) is 35.0 Å². The summed E-state index contributed by atoms with van der Waals surface area (Å²) in [4.78, 5) is 24.8. The first-order valence-corrected chi connectivity index (χ1v) is 10.9. The molecule has 1 amide bonds. The van der Waals surface area contributed by atoms with Crippen molar-refractivity contribution >= 4 is 34.1 Å². The number of nitrogens with one attached hydrogen (secondary N) is 1. The van der Waals surface area contributed by atoms with Gasteiger partial charge in [0.05, 0.1) is 12.5 Å². The highest BCUT2D eigenvalue weighted by atomic mass is 19.4. The molecule has 0 unspecified atom stereocenters. The maximum atomic E-state index is 12.9. The Morgan fingerprint density at radius 2 is 1.76 bits per heavy atom. The van der Waals surface area contributed by atoms with E-state index in [0.29, 0.717) is 29.9 Å². The van der Waals surface area contributed by atoms with E-state index in [1.807, 2.05) is 35.2 Å². The van der Waals surface area contributed by atoms with Gasteiger partial charge in [-0.2, -0.15) is 13.2 Å². The zero-order valence-electron chi connectivity index (χ0n) is 18.2. The first-order valence-electron chi connectivity index (χ1n) is 10.9. The van der Waals surface area contributed by atoms with Crippen molar-refractivity contribution < 1.29 is 27.1 Å². The fraction of sp³-hybridized carbons (Fsp3) is 0.333. The third-order valence-corrected chi connectivity index (χ3v) is 5.90. The Morgan fingerprint density at radius 3 is 2.41 bits per heavy atom. The van der Waals surface area contributed by atoms with Crippen LogP contribution in [0.2, 0.25) is 0 Å². The van der Waals surface area contributed by atoms with Crippen molar-refractivity contribution in [2.45, 2.75) is 25.4 Å². The molecule has 34 heavy (non-hydrogen) atoms.